The summed E-state index contributed by atoms with van der Waals surface area (Å²) in [5.74, 6) is -0.947. The number of benzene rings is 3. The number of nitrogens with one attached hydrogen (secondary N) is 1. The molecule has 0 radical (unpaired) electrons. The van der Waals surface area contributed by atoms with E-state index in [0.29, 0.717) is 16.7 Å². The molecule has 0 aliphatic carbocycles. The quantitative estimate of drug-likeness (QED) is 0.402. The van der Waals surface area contributed by atoms with E-state index in [4.69, 9.17) is 9.26 Å². The van der Waals surface area contributed by atoms with Gasteiger partial charge >= 0.3 is 5.97 Å². The number of hydrogen-bond donors (Lipinski definition) is 1. The van der Waals surface area contributed by atoms with Crippen molar-refractivity contribution in [3.63, 3.8) is 0 Å². The lowest BCUT2D eigenvalue weighted by atomic mass is 10.1. The Morgan fingerprint density at radius 1 is 0.971 bits per heavy atom. The van der Waals surface area contributed by atoms with E-state index < -0.39 is 18.5 Å². The lowest BCUT2D eigenvalue weighted by molar-refractivity contribution is -0.136. The SMILES string of the molecule is Cc1cccc(C)c1NC(=O)CN(C)C(=O)COC(=O)c1ccc2noc(-c3ccccc3)c2c1. The molecule has 0 fully saturated rings. The van der Waals surface area contributed by atoms with Crippen LogP contribution in [0.3, 0.4) is 0 Å². The van der Waals surface area contributed by atoms with Crippen molar-refractivity contribution < 1.29 is 23.6 Å². The van der Waals surface area contributed by atoms with E-state index in [2.05, 4.69) is 10.5 Å². The van der Waals surface area contributed by atoms with Gasteiger partial charge in [-0.1, -0.05) is 53.7 Å². The van der Waals surface area contributed by atoms with Crippen molar-refractivity contribution in [3.8, 4) is 11.3 Å². The Bertz CT molecular complexity index is 1370. The highest BCUT2D eigenvalue weighted by molar-refractivity contribution is 6.00. The van der Waals surface area contributed by atoms with E-state index in [9.17, 15) is 14.4 Å². The number of hydrogen-bond acceptors (Lipinski definition) is 6. The summed E-state index contributed by atoms with van der Waals surface area (Å²) in [6.07, 6.45) is 0. The van der Waals surface area contributed by atoms with Gasteiger partial charge in [-0.3, -0.25) is 9.59 Å². The lowest BCUT2D eigenvalue weighted by Crippen LogP contribution is -2.37. The molecule has 35 heavy (non-hydrogen) atoms. The highest BCUT2D eigenvalue weighted by Crippen LogP contribution is 2.29. The second-order valence-electron chi connectivity index (χ2n) is 8.25. The molecule has 0 saturated carbocycles. The molecule has 0 bridgehead atoms. The van der Waals surface area contributed by atoms with Gasteiger partial charge in [-0.25, -0.2) is 4.79 Å². The zero-order valence-corrected chi connectivity index (χ0v) is 19.7. The Morgan fingerprint density at radius 3 is 2.40 bits per heavy atom. The number of carbonyl (C=O) groups excluding carboxylic acids is 3. The fourth-order valence-electron chi connectivity index (χ4n) is 3.68. The predicted octanol–water partition coefficient (Wildman–Crippen LogP) is 4.37. The zero-order chi connectivity index (χ0) is 24.9. The van der Waals surface area contributed by atoms with Crippen LogP contribution in [0.5, 0.6) is 0 Å². The summed E-state index contributed by atoms with van der Waals surface area (Å²) >= 11 is 0. The summed E-state index contributed by atoms with van der Waals surface area (Å²) in [5, 5.41) is 7.53. The van der Waals surface area contributed by atoms with Crippen molar-refractivity contribution in [1.29, 1.82) is 0 Å². The molecule has 1 heterocycles. The molecule has 0 aliphatic heterocycles. The van der Waals surface area contributed by atoms with Crippen LogP contribution >= 0.6 is 0 Å². The molecule has 1 aromatic heterocycles. The molecule has 4 rings (SSSR count). The van der Waals surface area contributed by atoms with E-state index in [1.165, 1.54) is 11.9 Å². The van der Waals surface area contributed by atoms with Gasteiger partial charge in [-0.15, -0.1) is 0 Å². The average Bonchev–Trinajstić information content (AvgIpc) is 3.28. The minimum absolute atomic E-state index is 0.169. The van der Waals surface area contributed by atoms with E-state index in [0.717, 1.165) is 22.4 Å². The number of fused-ring (bicyclic) bond motifs is 1. The van der Waals surface area contributed by atoms with Crippen LogP contribution in [-0.4, -0.2) is 48.0 Å². The monoisotopic (exact) mass is 471 g/mol. The topological polar surface area (TPSA) is 102 Å². The van der Waals surface area contributed by atoms with Crippen molar-refractivity contribution in [3.05, 3.63) is 83.4 Å². The Morgan fingerprint density at radius 2 is 1.69 bits per heavy atom. The first-order chi connectivity index (χ1) is 16.8. The second-order valence-corrected chi connectivity index (χ2v) is 8.25. The van der Waals surface area contributed by atoms with E-state index >= 15 is 0 Å². The molecule has 178 valence electrons. The number of aromatic nitrogens is 1. The Hall–Kier alpha value is -4.46. The molecule has 8 nitrogen and oxygen atoms in total. The first-order valence-corrected chi connectivity index (χ1v) is 11.1. The predicted molar refractivity (Wildman–Crippen MR) is 132 cm³/mol. The van der Waals surface area contributed by atoms with Gasteiger partial charge in [0.1, 0.15) is 5.52 Å². The van der Waals surface area contributed by atoms with Gasteiger partial charge in [0.25, 0.3) is 5.91 Å². The number of likely N-dealkylation sites (N-methyl/N-ethyl adjacent to an activating group) is 1. The standard InChI is InChI=1S/C27H25N3O5/c1-17-8-7-9-18(2)25(17)28-23(31)15-30(3)24(32)16-34-27(33)20-12-13-22-21(14-20)26(35-29-22)19-10-5-4-6-11-19/h4-14H,15-16H2,1-3H3,(H,28,31). The Balaban J connectivity index is 1.36. The number of nitrogens with zero attached hydrogens (tertiary/aromatic N) is 2. The van der Waals surface area contributed by atoms with Gasteiger partial charge in [-0.05, 0) is 43.2 Å². The maximum Gasteiger partial charge on any atom is 0.338 e. The molecule has 1 N–H and O–H groups in total. The average molecular weight is 472 g/mol. The summed E-state index contributed by atoms with van der Waals surface area (Å²) < 4.78 is 10.7. The molecule has 8 heteroatoms. The smallest absolute Gasteiger partial charge is 0.338 e. The maximum atomic E-state index is 12.6. The van der Waals surface area contributed by atoms with Crippen molar-refractivity contribution in [2.24, 2.45) is 0 Å². The minimum atomic E-state index is -0.658. The summed E-state index contributed by atoms with van der Waals surface area (Å²) in [6.45, 7) is 3.14. The van der Waals surface area contributed by atoms with Crippen LogP contribution in [0.2, 0.25) is 0 Å². The normalized spacial score (nSPS) is 10.7. The summed E-state index contributed by atoms with van der Waals surface area (Å²) in [7, 11) is 1.48. The van der Waals surface area contributed by atoms with Crippen LogP contribution in [0.15, 0.2) is 71.3 Å². The Labute approximate surface area is 202 Å². The van der Waals surface area contributed by atoms with Crippen LogP contribution in [-0.2, 0) is 14.3 Å². The van der Waals surface area contributed by atoms with Crippen molar-refractivity contribution in [2.75, 3.05) is 25.5 Å². The van der Waals surface area contributed by atoms with Crippen LogP contribution in [0.1, 0.15) is 21.5 Å². The van der Waals surface area contributed by atoms with Crippen LogP contribution < -0.4 is 5.32 Å². The third-order valence-electron chi connectivity index (χ3n) is 5.63. The highest BCUT2D eigenvalue weighted by Gasteiger charge is 2.18. The zero-order valence-electron chi connectivity index (χ0n) is 19.7. The molecule has 4 aromatic rings. The molecule has 0 spiro atoms. The fraction of sp³-hybridized carbons (Fsp3) is 0.185. The molecule has 0 aliphatic rings. The van der Waals surface area contributed by atoms with Crippen molar-refractivity contribution in [1.82, 2.24) is 10.1 Å². The first-order valence-electron chi connectivity index (χ1n) is 11.1. The number of amides is 2. The summed E-state index contributed by atoms with van der Waals surface area (Å²) in [4.78, 5) is 38.7. The van der Waals surface area contributed by atoms with Gasteiger partial charge in [0, 0.05) is 18.3 Å². The van der Waals surface area contributed by atoms with Gasteiger partial charge in [0.15, 0.2) is 12.4 Å². The van der Waals surface area contributed by atoms with E-state index in [1.807, 2.05) is 62.4 Å². The molecule has 0 atom stereocenters. The summed E-state index contributed by atoms with van der Waals surface area (Å²) in [6, 6.07) is 20.0. The molecule has 0 saturated heterocycles. The van der Waals surface area contributed by atoms with Crippen molar-refractivity contribution in [2.45, 2.75) is 13.8 Å². The third-order valence-corrected chi connectivity index (χ3v) is 5.63. The maximum absolute atomic E-state index is 12.6. The first kappa shape index (κ1) is 23.7. The number of rotatable bonds is 7. The van der Waals surface area contributed by atoms with E-state index in [1.54, 1.807) is 18.2 Å². The largest absolute Gasteiger partial charge is 0.452 e. The molecular weight excluding hydrogens is 446 g/mol. The Kier molecular flexibility index (Phi) is 6.91. The number of carbonyl (C=O) groups is 3. The number of esters is 1. The lowest BCUT2D eigenvalue weighted by Gasteiger charge is -2.18. The molecule has 0 unspecified atom stereocenters. The molecule has 2 amide bonds. The molecular formula is C27H25N3O5. The third kappa shape index (κ3) is 5.38. The van der Waals surface area contributed by atoms with Gasteiger partial charge in [-0.2, -0.15) is 0 Å². The van der Waals surface area contributed by atoms with Crippen LogP contribution in [0.4, 0.5) is 5.69 Å². The van der Waals surface area contributed by atoms with Gasteiger partial charge in [0.2, 0.25) is 5.91 Å². The number of anilines is 1. The number of ether oxygens (including phenoxy) is 1. The van der Waals surface area contributed by atoms with Gasteiger partial charge in [0.05, 0.1) is 17.5 Å². The van der Waals surface area contributed by atoms with E-state index in [-0.39, 0.29) is 18.0 Å². The minimum Gasteiger partial charge on any atom is -0.452 e. The highest BCUT2D eigenvalue weighted by atomic mass is 16.5. The van der Waals surface area contributed by atoms with Crippen LogP contribution in [0, 0.1) is 13.8 Å². The fourth-order valence-corrected chi connectivity index (χ4v) is 3.68. The molecule has 3 aromatic carbocycles. The number of para-hydroxylation sites is 1. The van der Waals surface area contributed by atoms with Crippen LogP contribution in [0.25, 0.3) is 22.2 Å². The number of aryl methyl sites for hydroxylation is 2. The van der Waals surface area contributed by atoms with Crippen molar-refractivity contribution >= 4 is 34.4 Å². The second kappa shape index (κ2) is 10.2. The van der Waals surface area contributed by atoms with Gasteiger partial charge < -0.3 is 19.5 Å². The summed E-state index contributed by atoms with van der Waals surface area (Å²) in [5.41, 5.74) is 4.29.